The molecule has 0 radical (unpaired) electrons. The second-order valence-electron chi connectivity index (χ2n) is 4.90. The van der Waals surface area contributed by atoms with E-state index in [2.05, 4.69) is 5.32 Å². The molecule has 0 aromatic rings. The number of hydrogen-bond donors (Lipinski definition) is 2. The second-order valence-corrected chi connectivity index (χ2v) is 6.60. The Morgan fingerprint density at radius 1 is 0.933 bits per heavy atom. The number of rotatable bonds is 2. The van der Waals surface area contributed by atoms with E-state index in [1.54, 1.807) is 0 Å². The summed E-state index contributed by atoms with van der Waals surface area (Å²) in [7, 11) is -0.533. The summed E-state index contributed by atoms with van der Waals surface area (Å²) in [6.07, 6.45) is 6.96. The molecule has 1 heterocycles. The monoisotopic (exact) mass is 230 g/mol. The molecule has 1 aliphatic heterocycles. The van der Waals surface area contributed by atoms with Crippen LogP contribution in [0.1, 0.15) is 38.5 Å². The van der Waals surface area contributed by atoms with Gasteiger partial charge in [-0.1, -0.05) is 0 Å². The van der Waals surface area contributed by atoms with E-state index >= 15 is 0 Å². The molecular formula is C11H22N2OS. The molecule has 2 rings (SSSR count). The first kappa shape index (κ1) is 11.6. The van der Waals surface area contributed by atoms with Gasteiger partial charge in [0.1, 0.15) is 0 Å². The predicted octanol–water partition coefficient (Wildman–Crippen LogP) is 0.757. The fraction of sp³-hybridized carbons (Fsp3) is 1.00. The Morgan fingerprint density at radius 2 is 1.47 bits per heavy atom. The average molecular weight is 230 g/mol. The standard InChI is InChI=1S/C11H22N2OS/c12-9-1-3-10(4-2-9)13-11-5-7-15(14)8-6-11/h9-11,13H,1-8,12H2. The fourth-order valence-corrected chi connectivity index (χ4v) is 3.88. The first-order valence-electron chi connectivity index (χ1n) is 6.10. The van der Waals surface area contributed by atoms with E-state index in [-0.39, 0.29) is 0 Å². The van der Waals surface area contributed by atoms with Crippen LogP contribution in [0.25, 0.3) is 0 Å². The number of nitrogens with one attached hydrogen (secondary N) is 1. The molecule has 0 aromatic carbocycles. The zero-order valence-electron chi connectivity index (χ0n) is 9.28. The van der Waals surface area contributed by atoms with Gasteiger partial charge in [0.15, 0.2) is 0 Å². The van der Waals surface area contributed by atoms with Gasteiger partial charge in [0, 0.05) is 40.4 Å². The highest BCUT2D eigenvalue weighted by Crippen LogP contribution is 2.19. The highest BCUT2D eigenvalue weighted by molar-refractivity contribution is 7.85. The van der Waals surface area contributed by atoms with E-state index in [9.17, 15) is 4.21 Å². The van der Waals surface area contributed by atoms with Gasteiger partial charge in [-0.3, -0.25) is 4.21 Å². The Hall–Kier alpha value is 0.0700. The van der Waals surface area contributed by atoms with Crippen molar-refractivity contribution in [2.24, 2.45) is 5.73 Å². The Morgan fingerprint density at radius 3 is 2.07 bits per heavy atom. The first-order valence-corrected chi connectivity index (χ1v) is 7.59. The summed E-state index contributed by atoms with van der Waals surface area (Å²) in [5.41, 5.74) is 5.88. The molecule has 15 heavy (non-hydrogen) atoms. The average Bonchev–Trinajstić information content (AvgIpc) is 2.25. The van der Waals surface area contributed by atoms with Gasteiger partial charge >= 0.3 is 0 Å². The number of nitrogens with two attached hydrogens (primary N) is 1. The molecule has 88 valence electrons. The SMILES string of the molecule is NC1CCC(NC2CCS(=O)CC2)CC1. The van der Waals surface area contributed by atoms with Crippen LogP contribution in [0.15, 0.2) is 0 Å². The summed E-state index contributed by atoms with van der Waals surface area (Å²) in [5, 5.41) is 3.71. The third-order valence-electron chi connectivity index (χ3n) is 3.63. The molecule has 0 unspecified atom stereocenters. The van der Waals surface area contributed by atoms with Gasteiger partial charge in [0.05, 0.1) is 0 Å². The minimum Gasteiger partial charge on any atom is -0.328 e. The molecule has 0 bridgehead atoms. The summed E-state index contributed by atoms with van der Waals surface area (Å²) >= 11 is 0. The van der Waals surface area contributed by atoms with Gasteiger partial charge in [-0.2, -0.15) is 0 Å². The van der Waals surface area contributed by atoms with E-state index in [0.717, 1.165) is 37.2 Å². The van der Waals surface area contributed by atoms with E-state index in [1.165, 1.54) is 12.8 Å². The number of hydrogen-bond acceptors (Lipinski definition) is 3. The molecule has 1 saturated heterocycles. The van der Waals surface area contributed by atoms with Gasteiger partial charge in [-0.05, 0) is 38.5 Å². The van der Waals surface area contributed by atoms with Crippen LogP contribution in [0.5, 0.6) is 0 Å². The molecule has 0 amide bonds. The van der Waals surface area contributed by atoms with Crippen LogP contribution in [0.4, 0.5) is 0 Å². The van der Waals surface area contributed by atoms with Crippen molar-refractivity contribution in [2.75, 3.05) is 11.5 Å². The van der Waals surface area contributed by atoms with Crippen LogP contribution >= 0.6 is 0 Å². The largest absolute Gasteiger partial charge is 0.328 e. The van der Waals surface area contributed by atoms with Gasteiger partial charge < -0.3 is 11.1 Å². The highest BCUT2D eigenvalue weighted by atomic mass is 32.2. The molecule has 1 aliphatic carbocycles. The van der Waals surface area contributed by atoms with Crippen molar-refractivity contribution in [3.05, 3.63) is 0 Å². The van der Waals surface area contributed by atoms with Crippen molar-refractivity contribution < 1.29 is 4.21 Å². The Bertz CT molecular complexity index is 217. The van der Waals surface area contributed by atoms with Gasteiger partial charge in [0.25, 0.3) is 0 Å². The summed E-state index contributed by atoms with van der Waals surface area (Å²) < 4.78 is 11.2. The van der Waals surface area contributed by atoms with Crippen molar-refractivity contribution in [1.82, 2.24) is 5.32 Å². The zero-order valence-corrected chi connectivity index (χ0v) is 10.1. The molecular weight excluding hydrogens is 208 g/mol. The molecule has 0 atom stereocenters. The first-order chi connectivity index (χ1) is 7.24. The lowest BCUT2D eigenvalue weighted by molar-refractivity contribution is 0.306. The van der Waals surface area contributed by atoms with Crippen LogP contribution in [0.3, 0.4) is 0 Å². The van der Waals surface area contributed by atoms with Gasteiger partial charge in [-0.15, -0.1) is 0 Å². The smallest absolute Gasteiger partial charge is 0.0249 e. The van der Waals surface area contributed by atoms with E-state index in [4.69, 9.17) is 5.73 Å². The van der Waals surface area contributed by atoms with Crippen molar-refractivity contribution >= 4 is 10.8 Å². The summed E-state index contributed by atoms with van der Waals surface area (Å²) in [6.45, 7) is 0. The molecule has 4 heteroatoms. The van der Waals surface area contributed by atoms with Crippen LogP contribution in [-0.4, -0.2) is 33.8 Å². The van der Waals surface area contributed by atoms with Gasteiger partial charge in [0.2, 0.25) is 0 Å². The molecule has 2 aliphatic rings. The van der Waals surface area contributed by atoms with E-state index in [1.807, 2.05) is 0 Å². The lowest BCUT2D eigenvalue weighted by Crippen LogP contribution is -2.45. The molecule has 2 fully saturated rings. The van der Waals surface area contributed by atoms with E-state index in [0.29, 0.717) is 18.1 Å². The maximum absolute atomic E-state index is 11.2. The summed E-state index contributed by atoms with van der Waals surface area (Å²) in [6, 6.07) is 1.71. The quantitative estimate of drug-likeness (QED) is 0.736. The normalized spacial score (nSPS) is 42.7. The van der Waals surface area contributed by atoms with Crippen molar-refractivity contribution in [2.45, 2.75) is 56.7 Å². The molecule has 3 N–H and O–H groups in total. The Balaban J connectivity index is 1.70. The predicted molar refractivity (Wildman–Crippen MR) is 64.3 cm³/mol. The maximum atomic E-state index is 11.2. The third kappa shape index (κ3) is 3.54. The van der Waals surface area contributed by atoms with E-state index < -0.39 is 10.8 Å². The molecule has 3 nitrogen and oxygen atoms in total. The lowest BCUT2D eigenvalue weighted by atomic mass is 9.91. The highest BCUT2D eigenvalue weighted by Gasteiger charge is 2.23. The molecule has 0 spiro atoms. The summed E-state index contributed by atoms with van der Waals surface area (Å²) in [5.74, 6) is 1.79. The minimum atomic E-state index is -0.533. The molecule has 0 aromatic heterocycles. The van der Waals surface area contributed by atoms with Crippen molar-refractivity contribution in [3.8, 4) is 0 Å². The second kappa shape index (κ2) is 5.41. The van der Waals surface area contributed by atoms with Crippen molar-refractivity contribution in [1.29, 1.82) is 0 Å². The van der Waals surface area contributed by atoms with Crippen LogP contribution in [0, 0.1) is 0 Å². The maximum Gasteiger partial charge on any atom is 0.0249 e. The van der Waals surface area contributed by atoms with Crippen LogP contribution in [0.2, 0.25) is 0 Å². The van der Waals surface area contributed by atoms with Crippen molar-refractivity contribution in [3.63, 3.8) is 0 Å². The molecule has 1 saturated carbocycles. The Labute approximate surface area is 94.6 Å². The van der Waals surface area contributed by atoms with Gasteiger partial charge in [-0.25, -0.2) is 0 Å². The van der Waals surface area contributed by atoms with Crippen LogP contribution in [-0.2, 0) is 10.8 Å². The summed E-state index contributed by atoms with van der Waals surface area (Å²) in [4.78, 5) is 0. The lowest BCUT2D eigenvalue weighted by Gasteiger charge is -2.32. The zero-order chi connectivity index (χ0) is 10.7. The Kier molecular flexibility index (Phi) is 4.17. The fourth-order valence-electron chi connectivity index (χ4n) is 2.58. The topological polar surface area (TPSA) is 55.1 Å². The van der Waals surface area contributed by atoms with Crippen LogP contribution < -0.4 is 11.1 Å². The minimum absolute atomic E-state index is 0.432. The third-order valence-corrected chi connectivity index (χ3v) is 5.01.